The number of benzene rings is 3. The Morgan fingerprint density at radius 2 is 1.27 bits per heavy atom. The van der Waals surface area contributed by atoms with E-state index in [1.54, 1.807) is 12.4 Å². The number of hydrogen-bond acceptors (Lipinski definition) is 3. The highest BCUT2D eigenvalue weighted by molar-refractivity contribution is 6.21. The Balaban J connectivity index is 1.77. The van der Waals surface area contributed by atoms with Crippen LogP contribution in [0.5, 0.6) is 0 Å². The van der Waals surface area contributed by atoms with E-state index in [1.807, 2.05) is 59.2 Å². The smallest absolute Gasteiger partial charge is 0.292 e. The van der Waals surface area contributed by atoms with Crippen molar-refractivity contribution in [2.45, 2.75) is 6.18 Å². The third-order valence-corrected chi connectivity index (χ3v) is 5.71. The number of hydrogen-bond donors (Lipinski definition) is 0. The Labute approximate surface area is 186 Å². The summed E-state index contributed by atoms with van der Waals surface area (Å²) in [6, 6.07) is 22.4. The second kappa shape index (κ2) is 7.13. The fourth-order valence-corrected chi connectivity index (χ4v) is 4.26. The van der Waals surface area contributed by atoms with Gasteiger partial charge in [0.25, 0.3) is 0 Å². The minimum atomic E-state index is -4.40. The lowest BCUT2D eigenvalue weighted by molar-refractivity contribution is -0.137. The molecule has 3 heterocycles. The molecule has 0 saturated carbocycles. The predicted octanol–water partition coefficient (Wildman–Crippen LogP) is 6.81. The molecule has 0 aliphatic heterocycles. The first-order valence-corrected chi connectivity index (χ1v) is 10.3. The Morgan fingerprint density at radius 1 is 0.636 bits per heavy atom. The normalized spacial score (nSPS) is 12.1. The van der Waals surface area contributed by atoms with Gasteiger partial charge in [-0.25, -0.2) is 4.98 Å². The van der Waals surface area contributed by atoms with Gasteiger partial charge in [-0.3, -0.25) is 14.5 Å². The van der Waals surface area contributed by atoms with E-state index in [2.05, 4.69) is 9.97 Å². The Hall–Kier alpha value is -4.26. The third-order valence-electron chi connectivity index (χ3n) is 5.71. The molecule has 0 spiro atoms. The first-order chi connectivity index (χ1) is 16.0. The zero-order valence-electron chi connectivity index (χ0n) is 17.1. The SMILES string of the molecule is FC(F)(F)c1ccc(-c2nc3c4cccnc4c4ncccc4c3n2-c2ccccc2)cc1. The fourth-order valence-electron chi connectivity index (χ4n) is 4.26. The number of alkyl halides is 3. The van der Waals surface area contributed by atoms with Crippen molar-refractivity contribution in [2.75, 3.05) is 0 Å². The molecular weight excluding hydrogens is 425 g/mol. The molecular formula is C26H15F3N4. The van der Waals surface area contributed by atoms with Gasteiger partial charge in [-0.1, -0.05) is 30.3 Å². The second-order valence-electron chi connectivity index (χ2n) is 7.68. The number of aromatic nitrogens is 4. The van der Waals surface area contributed by atoms with Gasteiger partial charge in [0.15, 0.2) is 0 Å². The monoisotopic (exact) mass is 440 g/mol. The molecule has 0 unspecified atom stereocenters. The van der Waals surface area contributed by atoms with Gasteiger partial charge in [0.2, 0.25) is 0 Å². The summed E-state index contributed by atoms with van der Waals surface area (Å²) in [7, 11) is 0. The van der Waals surface area contributed by atoms with Crippen molar-refractivity contribution in [1.82, 2.24) is 19.5 Å². The van der Waals surface area contributed by atoms with Gasteiger partial charge < -0.3 is 0 Å². The summed E-state index contributed by atoms with van der Waals surface area (Å²) in [6.45, 7) is 0. The summed E-state index contributed by atoms with van der Waals surface area (Å²) in [6.07, 6.45) is -0.961. The number of para-hydroxylation sites is 1. The summed E-state index contributed by atoms with van der Waals surface area (Å²) in [5.41, 5.74) is 3.77. The largest absolute Gasteiger partial charge is 0.416 e. The first kappa shape index (κ1) is 19.4. The summed E-state index contributed by atoms with van der Waals surface area (Å²) >= 11 is 0. The van der Waals surface area contributed by atoms with Crippen LogP contribution in [0.25, 0.3) is 49.9 Å². The van der Waals surface area contributed by atoms with Crippen molar-refractivity contribution >= 4 is 32.8 Å². The molecule has 0 saturated heterocycles. The van der Waals surface area contributed by atoms with Gasteiger partial charge in [-0.15, -0.1) is 0 Å². The maximum Gasteiger partial charge on any atom is 0.416 e. The van der Waals surface area contributed by atoms with Gasteiger partial charge in [0, 0.05) is 34.4 Å². The van der Waals surface area contributed by atoms with Crippen molar-refractivity contribution in [3.63, 3.8) is 0 Å². The molecule has 0 radical (unpaired) electrons. The minimum Gasteiger partial charge on any atom is -0.292 e. The number of fused-ring (bicyclic) bond motifs is 6. The average molecular weight is 440 g/mol. The first-order valence-electron chi connectivity index (χ1n) is 10.3. The van der Waals surface area contributed by atoms with E-state index in [9.17, 15) is 13.2 Å². The highest BCUT2D eigenvalue weighted by Gasteiger charge is 2.30. The topological polar surface area (TPSA) is 43.6 Å². The molecule has 3 aromatic heterocycles. The molecule has 160 valence electrons. The lowest BCUT2D eigenvalue weighted by Crippen LogP contribution is -2.04. The van der Waals surface area contributed by atoms with Gasteiger partial charge in [0.1, 0.15) is 5.82 Å². The Morgan fingerprint density at radius 3 is 1.94 bits per heavy atom. The van der Waals surface area contributed by atoms with Crippen LogP contribution in [0.2, 0.25) is 0 Å². The lowest BCUT2D eigenvalue weighted by Gasteiger charge is -2.12. The average Bonchev–Trinajstić information content (AvgIpc) is 3.25. The van der Waals surface area contributed by atoms with E-state index in [-0.39, 0.29) is 0 Å². The Kier molecular flexibility index (Phi) is 4.20. The third kappa shape index (κ3) is 3.04. The molecule has 0 N–H and O–H groups in total. The predicted molar refractivity (Wildman–Crippen MR) is 122 cm³/mol. The molecule has 33 heavy (non-hydrogen) atoms. The summed E-state index contributed by atoms with van der Waals surface area (Å²) in [5, 5.41) is 1.70. The van der Waals surface area contributed by atoms with E-state index in [4.69, 9.17) is 4.98 Å². The molecule has 0 amide bonds. The highest BCUT2D eigenvalue weighted by atomic mass is 19.4. The van der Waals surface area contributed by atoms with Gasteiger partial charge in [0.05, 0.1) is 27.6 Å². The van der Waals surface area contributed by atoms with E-state index >= 15 is 0 Å². The molecule has 0 bridgehead atoms. The maximum atomic E-state index is 13.1. The maximum absolute atomic E-state index is 13.1. The number of pyridine rings is 2. The number of imidazole rings is 1. The van der Waals surface area contributed by atoms with Crippen LogP contribution in [-0.2, 0) is 6.18 Å². The van der Waals surface area contributed by atoms with Crippen molar-refractivity contribution in [1.29, 1.82) is 0 Å². The van der Waals surface area contributed by atoms with Crippen LogP contribution < -0.4 is 0 Å². The molecule has 7 heteroatoms. The van der Waals surface area contributed by atoms with Crippen LogP contribution >= 0.6 is 0 Å². The molecule has 3 aromatic carbocycles. The molecule has 0 fully saturated rings. The number of rotatable bonds is 2. The van der Waals surface area contributed by atoms with Gasteiger partial charge in [-0.05, 0) is 48.5 Å². The quantitative estimate of drug-likeness (QED) is 0.278. The standard InChI is InChI=1S/C26H15F3N4/c27-26(28,29)17-12-10-16(11-13-17)25-32-23-19-8-4-14-30-21(19)22-20(9-5-15-31-22)24(23)33(25)18-6-2-1-3-7-18/h1-15H. The minimum absolute atomic E-state index is 0.548. The molecule has 0 aliphatic rings. The number of halogens is 3. The van der Waals surface area contributed by atoms with Crippen LogP contribution in [0.1, 0.15) is 5.56 Å². The van der Waals surface area contributed by atoms with Crippen molar-refractivity contribution in [2.24, 2.45) is 0 Å². The molecule has 6 rings (SSSR count). The van der Waals surface area contributed by atoms with Crippen LogP contribution in [0.3, 0.4) is 0 Å². The van der Waals surface area contributed by atoms with E-state index in [1.165, 1.54) is 12.1 Å². The van der Waals surface area contributed by atoms with Gasteiger partial charge >= 0.3 is 6.18 Å². The second-order valence-corrected chi connectivity index (χ2v) is 7.68. The Bertz CT molecular complexity index is 1640. The zero-order valence-corrected chi connectivity index (χ0v) is 17.1. The van der Waals surface area contributed by atoms with Crippen molar-refractivity contribution < 1.29 is 13.2 Å². The van der Waals surface area contributed by atoms with Crippen LogP contribution in [0.4, 0.5) is 13.2 Å². The molecule has 6 aromatic rings. The van der Waals surface area contributed by atoms with E-state index < -0.39 is 11.7 Å². The highest BCUT2D eigenvalue weighted by Crippen LogP contribution is 2.38. The zero-order chi connectivity index (χ0) is 22.6. The van der Waals surface area contributed by atoms with E-state index in [0.29, 0.717) is 11.4 Å². The summed E-state index contributed by atoms with van der Waals surface area (Å²) in [4.78, 5) is 14.1. The molecule has 0 atom stereocenters. The van der Waals surface area contributed by atoms with Gasteiger partial charge in [-0.2, -0.15) is 13.2 Å². The van der Waals surface area contributed by atoms with Crippen LogP contribution in [0, 0.1) is 0 Å². The van der Waals surface area contributed by atoms with Crippen molar-refractivity contribution in [3.8, 4) is 17.1 Å². The number of nitrogens with zero attached hydrogens (tertiary/aromatic N) is 4. The molecule has 4 nitrogen and oxygen atoms in total. The summed E-state index contributed by atoms with van der Waals surface area (Å²) in [5.74, 6) is 0.548. The van der Waals surface area contributed by atoms with Crippen LogP contribution in [0.15, 0.2) is 91.3 Å². The van der Waals surface area contributed by atoms with Crippen molar-refractivity contribution in [3.05, 3.63) is 96.8 Å². The summed E-state index contributed by atoms with van der Waals surface area (Å²) < 4.78 is 41.4. The lowest BCUT2D eigenvalue weighted by atomic mass is 10.1. The van der Waals surface area contributed by atoms with E-state index in [0.717, 1.165) is 50.7 Å². The van der Waals surface area contributed by atoms with Crippen LogP contribution in [-0.4, -0.2) is 19.5 Å². The molecule has 0 aliphatic carbocycles. The fraction of sp³-hybridized carbons (Fsp3) is 0.0385.